The van der Waals surface area contributed by atoms with Gasteiger partial charge >= 0.3 is 0 Å². The third kappa shape index (κ3) is 1.20. The Morgan fingerprint density at radius 1 is 0.104 bits per heavy atom. The van der Waals surface area contributed by atoms with Gasteiger partial charge in [-0.25, -0.2) is 0 Å². The highest BCUT2D eigenvalue weighted by Crippen LogP contribution is 3.29. The van der Waals surface area contributed by atoms with E-state index in [0.717, 1.165) is 0 Å². The van der Waals surface area contributed by atoms with Gasteiger partial charge in [-0.2, -0.15) is 0 Å². The molecule has 0 aromatic carbocycles. The van der Waals surface area contributed by atoms with Crippen molar-refractivity contribution in [3.8, 4) is 0 Å². The zero-order chi connectivity index (χ0) is 37.0. The van der Waals surface area contributed by atoms with E-state index in [4.69, 9.17) is 0 Å². The molecule has 16 atom stereocenters. The SMILES string of the molecule is CC1(C)C(C)(C)C2(C)C1(C)C1(C)C2(C)C2(C)C1(C)C1(C)C2(C)C2(C)C3(C)C4(C)C5(C)C6(C)C(C)(C)C(C)(C)C6(C)C5(C)C4(C)C3(C)C12C. The maximum atomic E-state index is 2.91. The third-order valence-electron chi connectivity index (χ3n) is 33.1. The highest BCUT2D eigenvalue weighted by molar-refractivity contribution is 5.72. The summed E-state index contributed by atoms with van der Waals surface area (Å²) in [5.74, 6) is 0. The Balaban J connectivity index is 1.25. The molecule has 0 heterocycles. The molecular formula is C48H78. The molecule has 0 nitrogen and oxygen atoms in total. The minimum absolute atomic E-state index is 0.283. The van der Waals surface area contributed by atoms with E-state index in [1.165, 1.54) is 0 Å². The van der Waals surface area contributed by atoms with Crippen LogP contribution in [-0.2, 0) is 0 Å². The van der Waals surface area contributed by atoms with Crippen LogP contribution in [0.1, 0.15) is 180 Å². The Hall–Kier alpha value is 0. The molecule has 10 saturated carbocycles. The molecule has 10 fully saturated rings. The lowest BCUT2D eigenvalue weighted by molar-refractivity contribution is -0.807. The molecule has 0 amide bonds. The normalized spacial score (nSPS) is 81.6. The zero-order valence-corrected chi connectivity index (χ0v) is 37.0. The number of hydrogen-bond donors (Lipinski definition) is 0. The molecule has 10 rings (SSSR count). The zero-order valence-electron chi connectivity index (χ0n) is 37.0. The largest absolute Gasteiger partial charge is 0.0588 e. The van der Waals surface area contributed by atoms with E-state index >= 15 is 0 Å². The Morgan fingerprint density at radius 2 is 0.167 bits per heavy atom. The number of rotatable bonds is 0. The Labute approximate surface area is 298 Å². The van der Waals surface area contributed by atoms with Crippen LogP contribution in [0.3, 0.4) is 0 Å². The van der Waals surface area contributed by atoms with Gasteiger partial charge in [-0.3, -0.25) is 0 Å². The van der Waals surface area contributed by atoms with E-state index in [0.29, 0.717) is 86.6 Å². The van der Waals surface area contributed by atoms with Crippen LogP contribution in [0.5, 0.6) is 0 Å². The quantitative estimate of drug-likeness (QED) is 0.228. The van der Waals surface area contributed by atoms with Crippen LogP contribution in [0.2, 0.25) is 0 Å². The lowest BCUT2D eigenvalue weighted by Gasteiger charge is -3.26. The van der Waals surface area contributed by atoms with Gasteiger partial charge in [0.2, 0.25) is 0 Å². The summed E-state index contributed by atoms with van der Waals surface area (Å²) in [6, 6.07) is 0. The van der Waals surface area contributed by atoms with Crippen LogP contribution in [0.25, 0.3) is 0 Å². The van der Waals surface area contributed by atoms with Crippen molar-refractivity contribution in [3.05, 3.63) is 0 Å². The minimum atomic E-state index is 0.283. The molecule has 10 aliphatic rings. The van der Waals surface area contributed by atoms with Crippen LogP contribution >= 0.6 is 0 Å². The highest BCUT2D eigenvalue weighted by atomic mass is 15.3. The average Bonchev–Trinajstić information content (AvgIpc) is 3.02. The highest BCUT2D eigenvalue weighted by Gasteiger charge is 3.26. The van der Waals surface area contributed by atoms with Gasteiger partial charge in [-0.15, -0.1) is 0 Å². The van der Waals surface area contributed by atoms with Crippen molar-refractivity contribution in [1.82, 2.24) is 0 Å². The molecule has 16 unspecified atom stereocenters. The summed E-state index contributed by atoms with van der Waals surface area (Å²) in [5.41, 5.74) is 6.64. The van der Waals surface area contributed by atoms with Crippen molar-refractivity contribution >= 4 is 0 Å². The van der Waals surface area contributed by atoms with Gasteiger partial charge in [0.25, 0.3) is 0 Å². The van der Waals surface area contributed by atoms with Gasteiger partial charge in [0.05, 0.1) is 0 Å². The second kappa shape index (κ2) is 5.71. The van der Waals surface area contributed by atoms with Gasteiger partial charge in [0.15, 0.2) is 0 Å². The summed E-state index contributed by atoms with van der Waals surface area (Å²) in [4.78, 5) is 0. The molecule has 0 heteroatoms. The monoisotopic (exact) mass is 655 g/mol. The summed E-state index contributed by atoms with van der Waals surface area (Å²) >= 11 is 0. The van der Waals surface area contributed by atoms with Gasteiger partial charge in [0, 0.05) is 0 Å². The molecule has 0 aromatic rings. The van der Waals surface area contributed by atoms with E-state index in [2.05, 4.69) is 180 Å². The van der Waals surface area contributed by atoms with Crippen LogP contribution < -0.4 is 0 Å². The van der Waals surface area contributed by atoms with Crippen LogP contribution in [-0.4, -0.2) is 0 Å². The van der Waals surface area contributed by atoms with E-state index in [9.17, 15) is 0 Å². The second-order valence-corrected chi connectivity index (χ2v) is 26.8. The number of fused-ring (bicyclic) bond motifs is 25. The fourth-order valence-electron chi connectivity index (χ4n) is 29.9. The van der Waals surface area contributed by atoms with Crippen molar-refractivity contribution in [1.29, 1.82) is 0 Å². The fourth-order valence-corrected chi connectivity index (χ4v) is 29.9. The van der Waals surface area contributed by atoms with Gasteiger partial charge in [0.1, 0.15) is 0 Å². The third-order valence-corrected chi connectivity index (χ3v) is 33.1. The van der Waals surface area contributed by atoms with Crippen LogP contribution in [0, 0.1) is 119 Å². The van der Waals surface area contributed by atoms with E-state index < -0.39 is 0 Å². The standard InChI is InChI=1S/C48H78/c1-27(2)28(3,4)32(10)31(27,9)35(13)36(32,14)40(18)39(35,17)43(21)44(40,22)48(26)46(24)42(20)38(16)34(12)30(7,8)29(5,6)33(34,11)37(38,15)41(42,19)45(46,23)47(43,48)25/h1-26H3. The van der Waals surface area contributed by atoms with Crippen LogP contribution in [0.4, 0.5) is 0 Å². The van der Waals surface area contributed by atoms with Crippen molar-refractivity contribution in [3.63, 3.8) is 0 Å². The van der Waals surface area contributed by atoms with Crippen molar-refractivity contribution in [2.45, 2.75) is 180 Å². The summed E-state index contributed by atoms with van der Waals surface area (Å²) in [7, 11) is 0. The van der Waals surface area contributed by atoms with E-state index in [1.54, 1.807) is 0 Å². The fraction of sp³-hybridized carbons (Fsp3) is 1.00. The molecule has 0 radical (unpaired) electrons. The summed E-state index contributed by atoms with van der Waals surface area (Å²) in [6.45, 7) is 72.9. The molecule has 0 bridgehead atoms. The summed E-state index contributed by atoms with van der Waals surface area (Å²) in [6.07, 6.45) is 0. The molecule has 10 aliphatic carbocycles. The molecule has 0 saturated heterocycles. The molecule has 0 spiro atoms. The molecule has 270 valence electrons. The predicted molar refractivity (Wildman–Crippen MR) is 201 cm³/mol. The van der Waals surface area contributed by atoms with Crippen molar-refractivity contribution in [2.24, 2.45) is 119 Å². The first-order valence-corrected chi connectivity index (χ1v) is 20.8. The Bertz CT molecular complexity index is 1580. The first-order chi connectivity index (χ1) is 20.8. The molecule has 48 heavy (non-hydrogen) atoms. The maximum Gasteiger partial charge on any atom is -0.0130 e. The smallest absolute Gasteiger partial charge is 0.0130 e. The first kappa shape index (κ1) is 32.6. The van der Waals surface area contributed by atoms with Gasteiger partial charge in [-0.1, -0.05) is 180 Å². The number of hydrogen-bond acceptors (Lipinski definition) is 0. The van der Waals surface area contributed by atoms with E-state index in [1.807, 2.05) is 0 Å². The summed E-state index contributed by atoms with van der Waals surface area (Å²) in [5, 5.41) is 0. The molecule has 0 N–H and O–H groups in total. The Kier molecular flexibility index (Phi) is 3.88. The topological polar surface area (TPSA) is 0 Å². The lowest BCUT2D eigenvalue weighted by atomic mass is 8.76. The lowest BCUT2D eigenvalue weighted by Crippen LogP contribution is -3.23. The Morgan fingerprint density at radius 3 is 0.250 bits per heavy atom. The molecule has 0 aromatic heterocycles. The van der Waals surface area contributed by atoms with Crippen LogP contribution in [0.15, 0.2) is 0 Å². The molecule has 0 aliphatic heterocycles. The second-order valence-electron chi connectivity index (χ2n) is 26.8. The average molecular weight is 655 g/mol. The van der Waals surface area contributed by atoms with Gasteiger partial charge < -0.3 is 0 Å². The first-order valence-electron chi connectivity index (χ1n) is 20.8. The summed E-state index contributed by atoms with van der Waals surface area (Å²) < 4.78 is 0. The molecular weight excluding hydrogens is 577 g/mol. The maximum absolute atomic E-state index is 2.91. The van der Waals surface area contributed by atoms with Crippen molar-refractivity contribution in [2.75, 3.05) is 0 Å². The van der Waals surface area contributed by atoms with E-state index in [-0.39, 0.29) is 32.5 Å². The minimum Gasteiger partial charge on any atom is -0.0588 e. The van der Waals surface area contributed by atoms with Crippen molar-refractivity contribution < 1.29 is 0 Å². The van der Waals surface area contributed by atoms with Gasteiger partial charge in [-0.05, 0) is 119 Å². The predicted octanol–water partition coefficient (Wildman–Crippen LogP) is 13.3.